The normalized spacial score (nSPS) is 28.7. The standard InChI is InChI=1S/C14H17F3N2O2S/c1-22(20,21)19-12-6-7-13(19)9-18(8-12)11-4-2-10(3-5-11)14(15,16)17/h2-5,12-13H,6-9H2,1H3. The van der Waals surface area contributed by atoms with Gasteiger partial charge >= 0.3 is 6.18 Å². The highest BCUT2D eigenvalue weighted by Gasteiger charge is 2.47. The molecule has 3 rings (SSSR count). The number of halogens is 3. The van der Waals surface area contributed by atoms with Crippen LogP contribution in [0.3, 0.4) is 0 Å². The van der Waals surface area contributed by atoms with Crippen molar-refractivity contribution in [2.45, 2.75) is 31.1 Å². The number of sulfonamides is 1. The van der Waals surface area contributed by atoms with E-state index in [2.05, 4.69) is 0 Å². The van der Waals surface area contributed by atoms with Gasteiger partial charge in [-0.3, -0.25) is 0 Å². The zero-order valence-corrected chi connectivity index (χ0v) is 12.9. The Labute approximate surface area is 128 Å². The van der Waals surface area contributed by atoms with Crippen molar-refractivity contribution in [2.75, 3.05) is 24.2 Å². The van der Waals surface area contributed by atoms with Gasteiger partial charge in [-0.1, -0.05) is 4.21 Å². The van der Waals surface area contributed by atoms with Gasteiger partial charge in [0.25, 0.3) is 0 Å². The van der Waals surface area contributed by atoms with Crippen molar-refractivity contribution < 1.29 is 21.9 Å². The summed E-state index contributed by atoms with van der Waals surface area (Å²) in [7, 11) is -3.24. The van der Waals surface area contributed by atoms with E-state index < -0.39 is 22.1 Å². The molecule has 3 atom stereocenters. The van der Waals surface area contributed by atoms with Crippen LogP contribution < -0.4 is 4.90 Å². The van der Waals surface area contributed by atoms with Crippen LogP contribution in [0.25, 0.3) is 0 Å². The molecular weight excluding hydrogens is 317 g/mol. The maximum absolute atomic E-state index is 12.6. The van der Waals surface area contributed by atoms with E-state index in [1.165, 1.54) is 18.4 Å². The Morgan fingerprint density at radius 1 is 1.14 bits per heavy atom. The first-order chi connectivity index (χ1) is 10.2. The van der Waals surface area contributed by atoms with Gasteiger partial charge in [-0.15, -0.1) is 4.31 Å². The molecule has 2 fully saturated rings. The molecule has 8 heteroatoms. The molecule has 1 aromatic carbocycles. The molecule has 4 nitrogen and oxygen atoms in total. The van der Waals surface area contributed by atoms with Crippen LogP contribution in [0.4, 0.5) is 18.9 Å². The number of piperazine rings is 1. The monoisotopic (exact) mass is 334 g/mol. The van der Waals surface area contributed by atoms with Crippen molar-refractivity contribution in [3.05, 3.63) is 29.8 Å². The van der Waals surface area contributed by atoms with Crippen molar-refractivity contribution in [1.82, 2.24) is 4.31 Å². The minimum Gasteiger partial charge on any atom is -0.598 e. The van der Waals surface area contributed by atoms with Crippen LogP contribution in [-0.4, -0.2) is 40.3 Å². The first kappa shape index (κ1) is 15.8. The van der Waals surface area contributed by atoms with Crippen LogP contribution in [0.5, 0.6) is 0 Å². The Morgan fingerprint density at radius 3 is 2.05 bits per heavy atom. The third-order valence-corrected chi connectivity index (χ3v) is 5.72. The van der Waals surface area contributed by atoms with Gasteiger partial charge in [-0.25, -0.2) is 0 Å². The molecule has 3 unspecified atom stereocenters. The number of rotatable bonds is 2. The second-order valence-electron chi connectivity index (χ2n) is 5.93. The number of fused-ring (bicyclic) bond motifs is 2. The summed E-state index contributed by atoms with van der Waals surface area (Å²) >= 11 is 0. The van der Waals surface area contributed by atoms with Gasteiger partial charge in [0.1, 0.15) is 16.7 Å². The van der Waals surface area contributed by atoms with Crippen molar-refractivity contribution in [3.8, 4) is 0 Å². The fraction of sp³-hybridized carbons (Fsp3) is 0.571. The average Bonchev–Trinajstić information content (AvgIpc) is 2.70. The molecular formula is C14H17F3N2O2S. The van der Waals surface area contributed by atoms with Crippen LogP contribution in [-0.2, 0) is 20.8 Å². The lowest BCUT2D eigenvalue weighted by Gasteiger charge is -2.41. The summed E-state index contributed by atoms with van der Waals surface area (Å²) in [6, 6.07) is 4.88. The summed E-state index contributed by atoms with van der Waals surface area (Å²) in [4.78, 5) is 1.98. The first-order valence-corrected chi connectivity index (χ1v) is 8.92. The molecule has 1 aromatic rings. The molecule has 0 amide bonds. The van der Waals surface area contributed by atoms with Crippen molar-refractivity contribution >= 4 is 16.1 Å². The summed E-state index contributed by atoms with van der Waals surface area (Å²) in [6.45, 7) is 1.05. The highest BCUT2D eigenvalue weighted by molar-refractivity contribution is 7.94. The molecule has 22 heavy (non-hydrogen) atoms. The number of hydrogen-bond donors (Lipinski definition) is 0. The number of alkyl halides is 3. The zero-order valence-electron chi connectivity index (χ0n) is 12.0. The van der Waals surface area contributed by atoms with E-state index in [-0.39, 0.29) is 12.1 Å². The van der Waals surface area contributed by atoms with E-state index in [0.29, 0.717) is 18.8 Å². The van der Waals surface area contributed by atoms with Crippen molar-refractivity contribution in [2.24, 2.45) is 0 Å². The number of anilines is 1. The molecule has 0 aromatic heterocycles. The number of hydrogen-bond acceptors (Lipinski definition) is 3. The second-order valence-corrected chi connectivity index (χ2v) is 7.82. The summed E-state index contributed by atoms with van der Waals surface area (Å²) in [5.74, 6) is 0. The van der Waals surface area contributed by atoms with Crippen LogP contribution in [0.15, 0.2) is 24.3 Å². The lowest BCUT2D eigenvalue weighted by molar-refractivity contribution is -0.137. The van der Waals surface area contributed by atoms with Crippen LogP contribution in [0.2, 0.25) is 0 Å². The summed E-state index contributed by atoms with van der Waals surface area (Å²) in [5, 5.41) is 0. The van der Waals surface area contributed by atoms with E-state index in [4.69, 9.17) is 0 Å². The molecule has 0 N–H and O–H groups in total. The lowest BCUT2D eigenvalue weighted by atomic mass is 10.1. The maximum Gasteiger partial charge on any atom is 0.416 e. The van der Waals surface area contributed by atoms with Gasteiger partial charge in [-0.05, 0) is 37.1 Å². The predicted molar refractivity (Wildman–Crippen MR) is 77.1 cm³/mol. The molecule has 2 aliphatic heterocycles. The van der Waals surface area contributed by atoms with E-state index in [0.717, 1.165) is 25.0 Å². The Bertz CT molecular complexity index is 585. The molecule has 122 valence electrons. The minimum absolute atomic E-state index is 0.0870. The van der Waals surface area contributed by atoms with Gasteiger partial charge < -0.3 is 9.45 Å². The second kappa shape index (κ2) is 5.21. The summed E-state index contributed by atoms with van der Waals surface area (Å²) in [6.07, 6.45) is -1.53. The average molecular weight is 334 g/mol. The van der Waals surface area contributed by atoms with Gasteiger partial charge in [0, 0.05) is 18.8 Å². The van der Waals surface area contributed by atoms with Gasteiger partial charge in [0.05, 0.1) is 17.6 Å². The van der Waals surface area contributed by atoms with Crippen molar-refractivity contribution in [1.29, 1.82) is 0 Å². The molecule has 2 saturated heterocycles. The maximum atomic E-state index is 12.6. The fourth-order valence-electron chi connectivity index (χ4n) is 3.48. The fourth-order valence-corrected chi connectivity index (χ4v) is 4.91. The molecule has 2 bridgehead atoms. The summed E-state index contributed by atoms with van der Waals surface area (Å²) < 4.78 is 63.0. The Balaban J connectivity index is 1.78. The Hall–Kier alpha value is -1.12. The van der Waals surface area contributed by atoms with E-state index >= 15 is 0 Å². The largest absolute Gasteiger partial charge is 0.598 e. The lowest BCUT2D eigenvalue weighted by Crippen LogP contribution is -2.57. The predicted octanol–water partition coefficient (Wildman–Crippen LogP) is 2.53. The number of benzene rings is 1. The van der Waals surface area contributed by atoms with Crippen LogP contribution >= 0.6 is 0 Å². The SMILES string of the molecule is C[S+](=O)([O-])N1C2CCC1CN(c1ccc(C(F)(F)F)cc1)C2. The molecule has 0 radical (unpaired) electrons. The van der Waals surface area contributed by atoms with E-state index in [1.807, 2.05) is 4.90 Å². The third kappa shape index (κ3) is 2.87. The van der Waals surface area contributed by atoms with E-state index in [1.54, 1.807) is 4.31 Å². The van der Waals surface area contributed by atoms with Gasteiger partial charge in [0.2, 0.25) is 0 Å². The summed E-state index contributed by atoms with van der Waals surface area (Å²) in [5.41, 5.74) is 0.0343. The van der Waals surface area contributed by atoms with E-state index in [9.17, 15) is 21.9 Å². The topological polar surface area (TPSA) is 46.6 Å². The van der Waals surface area contributed by atoms with Gasteiger partial charge in [-0.2, -0.15) is 13.2 Å². The molecule has 0 saturated carbocycles. The Kier molecular flexibility index (Phi) is 3.73. The van der Waals surface area contributed by atoms with Crippen LogP contribution in [0.1, 0.15) is 18.4 Å². The zero-order chi connectivity index (χ0) is 16.1. The van der Waals surface area contributed by atoms with Gasteiger partial charge in [0.15, 0.2) is 0 Å². The molecule has 0 aliphatic carbocycles. The first-order valence-electron chi connectivity index (χ1n) is 7.07. The molecule has 2 aliphatic rings. The third-order valence-electron chi connectivity index (χ3n) is 4.36. The Morgan fingerprint density at radius 2 is 1.64 bits per heavy atom. The highest BCUT2D eigenvalue weighted by atomic mass is 32.3. The van der Waals surface area contributed by atoms with Crippen LogP contribution in [0, 0.1) is 0 Å². The molecule has 2 heterocycles. The minimum atomic E-state index is -4.34. The quantitative estimate of drug-likeness (QED) is 0.781. The smallest absolute Gasteiger partial charge is 0.416 e. The van der Waals surface area contributed by atoms with Crippen molar-refractivity contribution in [3.63, 3.8) is 0 Å². The number of nitrogens with zero attached hydrogens (tertiary/aromatic N) is 2. The highest BCUT2D eigenvalue weighted by Crippen LogP contribution is 2.36. The molecule has 0 spiro atoms.